The number of hydrogen-bond donors (Lipinski definition) is 2. The van der Waals surface area contributed by atoms with Gasteiger partial charge in [-0.05, 0) is 24.3 Å². The van der Waals surface area contributed by atoms with Gasteiger partial charge in [-0.1, -0.05) is 6.07 Å². The number of rotatable bonds is 6. The van der Waals surface area contributed by atoms with Crippen molar-refractivity contribution in [3.05, 3.63) is 76.4 Å². The number of carbonyl (C=O) groups is 1. The van der Waals surface area contributed by atoms with E-state index in [1.807, 2.05) is 12.1 Å². The zero-order valence-corrected chi connectivity index (χ0v) is 17.5. The number of nitrogens with one attached hydrogen (secondary N) is 2. The molecule has 5 rings (SSSR count). The number of nitro groups is 1. The van der Waals surface area contributed by atoms with Crippen LogP contribution in [0, 0.1) is 10.1 Å². The summed E-state index contributed by atoms with van der Waals surface area (Å²) in [6, 6.07) is 11.7. The van der Waals surface area contributed by atoms with Crippen LogP contribution in [0.15, 0.2) is 54.9 Å². The molecule has 10 heteroatoms. The van der Waals surface area contributed by atoms with Crippen LogP contribution < -0.4 is 5.32 Å². The van der Waals surface area contributed by atoms with E-state index < -0.39 is 10.9 Å². The Hall–Kier alpha value is -4.60. The highest BCUT2D eigenvalue weighted by atomic mass is 16.6. The maximum absolute atomic E-state index is 11.9. The second-order valence-electron chi connectivity index (χ2n) is 7.42. The third-order valence-corrected chi connectivity index (χ3v) is 5.40. The number of H-pyrrole nitrogens is 1. The van der Waals surface area contributed by atoms with E-state index in [-0.39, 0.29) is 5.69 Å². The van der Waals surface area contributed by atoms with Gasteiger partial charge in [-0.3, -0.25) is 15.1 Å². The van der Waals surface area contributed by atoms with Crippen molar-refractivity contribution in [2.75, 3.05) is 19.0 Å². The fraction of sp³-hybridized carbons (Fsp3) is 0.130. The Labute approximate surface area is 186 Å². The van der Waals surface area contributed by atoms with E-state index in [9.17, 15) is 14.9 Å². The highest BCUT2D eigenvalue weighted by molar-refractivity contribution is 6.10. The molecule has 0 unspecified atom stereocenters. The van der Waals surface area contributed by atoms with Crippen molar-refractivity contribution in [1.82, 2.24) is 19.9 Å². The molecular formula is C23H18N6O4. The van der Waals surface area contributed by atoms with Crippen LogP contribution in [0.3, 0.4) is 0 Å². The first-order chi connectivity index (χ1) is 16.0. The average molecular weight is 442 g/mol. The highest BCUT2D eigenvalue weighted by Crippen LogP contribution is 2.29. The average Bonchev–Trinajstić information content (AvgIpc) is 3.25. The zero-order chi connectivity index (χ0) is 22.9. The van der Waals surface area contributed by atoms with Gasteiger partial charge in [0.2, 0.25) is 0 Å². The Morgan fingerprint density at radius 1 is 1.09 bits per heavy atom. The molecule has 0 atom stereocenters. The van der Waals surface area contributed by atoms with Gasteiger partial charge in [-0.15, -0.1) is 0 Å². The number of nitrogens with zero attached hydrogens (tertiary/aromatic N) is 4. The summed E-state index contributed by atoms with van der Waals surface area (Å²) in [6.07, 6.45) is 4.03. The lowest BCUT2D eigenvalue weighted by molar-refractivity contribution is -0.384. The van der Waals surface area contributed by atoms with Gasteiger partial charge >= 0.3 is 5.97 Å². The first kappa shape index (κ1) is 20.3. The van der Waals surface area contributed by atoms with Crippen LogP contribution >= 0.6 is 0 Å². The minimum Gasteiger partial charge on any atom is -0.465 e. The van der Waals surface area contributed by atoms with Crippen LogP contribution in [-0.2, 0) is 11.2 Å². The minimum atomic E-state index is -0.432. The number of benzene rings is 2. The second-order valence-corrected chi connectivity index (χ2v) is 7.42. The molecule has 0 amide bonds. The molecule has 0 bridgehead atoms. The minimum absolute atomic E-state index is 0.0163. The highest BCUT2D eigenvalue weighted by Gasteiger charge is 2.13. The number of esters is 1. The number of pyridine rings is 2. The van der Waals surface area contributed by atoms with Gasteiger partial charge in [0.15, 0.2) is 0 Å². The van der Waals surface area contributed by atoms with Crippen molar-refractivity contribution >= 4 is 50.2 Å². The lowest BCUT2D eigenvalue weighted by Crippen LogP contribution is -2.08. The monoisotopic (exact) mass is 442 g/mol. The van der Waals surface area contributed by atoms with E-state index in [0.717, 1.165) is 16.2 Å². The van der Waals surface area contributed by atoms with Gasteiger partial charge in [0.25, 0.3) is 5.69 Å². The van der Waals surface area contributed by atoms with Crippen molar-refractivity contribution in [1.29, 1.82) is 0 Å². The maximum Gasteiger partial charge on any atom is 0.337 e. The number of fused-ring (bicyclic) bond motifs is 4. The van der Waals surface area contributed by atoms with Crippen LogP contribution in [0.4, 0.5) is 11.5 Å². The number of aromatic amines is 1. The van der Waals surface area contributed by atoms with Gasteiger partial charge in [-0.2, -0.15) is 0 Å². The van der Waals surface area contributed by atoms with Crippen molar-refractivity contribution in [3.63, 3.8) is 0 Å². The van der Waals surface area contributed by atoms with E-state index in [2.05, 4.69) is 20.3 Å². The molecule has 0 aliphatic rings. The van der Waals surface area contributed by atoms with Crippen molar-refractivity contribution in [2.24, 2.45) is 0 Å². The van der Waals surface area contributed by atoms with Gasteiger partial charge in [-0.25, -0.2) is 14.8 Å². The molecule has 5 aromatic rings. The molecule has 0 fully saturated rings. The molecule has 0 saturated heterocycles. The summed E-state index contributed by atoms with van der Waals surface area (Å²) in [4.78, 5) is 39.1. The summed E-state index contributed by atoms with van der Waals surface area (Å²) in [6.45, 7) is 0.522. The van der Waals surface area contributed by atoms with Gasteiger partial charge in [0.05, 0.1) is 34.1 Å². The Bertz CT molecular complexity index is 1540. The molecule has 0 aliphatic carbocycles. The normalized spacial score (nSPS) is 11.2. The number of aromatic nitrogens is 4. The van der Waals surface area contributed by atoms with E-state index >= 15 is 0 Å². The standard InChI is InChI=1S/C23H18N6O4/c1-33-23(30)13-2-4-15-17-12-24-8-6-16(17)22(28-19(15)10-13)25-9-7-21-26-18-5-3-14(29(31)32)11-20(18)27-21/h2-6,8,10-12H,7,9H2,1H3,(H,25,28)(H,26,27). The number of imidazole rings is 1. The molecule has 0 radical (unpaired) electrons. The van der Waals surface area contributed by atoms with Crippen molar-refractivity contribution < 1.29 is 14.5 Å². The predicted molar refractivity (Wildman–Crippen MR) is 123 cm³/mol. The number of carbonyl (C=O) groups excluding carboxylic acids is 1. The number of hydrogen-bond acceptors (Lipinski definition) is 8. The fourth-order valence-corrected chi connectivity index (χ4v) is 3.81. The second kappa shape index (κ2) is 8.15. The largest absolute Gasteiger partial charge is 0.465 e. The Morgan fingerprint density at radius 2 is 1.97 bits per heavy atom. The summed E-state index contributed by atoms with van der Waals surface area (Å²) >= 11 is 0. The van der Waals surface area contributed by atoms with Gasteiger partial charge < -0.3 is 15.0 Å². The van der Waals surface area contributed by atoms with E-state index in [1.165, 1.54) is 19.2 Å². The molecule has 0 aliphatic heterocycles. The summed E-state index contributed by atoms with van der Waals surface area (Å²) in [5.74, 6) is 0.941. The van der Waals surface area contributed by atoms with Crippen molar-refractivity contribution in [3.8, 4) is 0 Å². The Balaban J connectivity index is 1.43. The predicted octanol–water partition coefficient (Wildman–Crippen LogP) is 4.01. The molecule has 0 spiro atoms. The first-order valence-electron chi connectivity index (χ1n) is 10.2. The van der Waals surface area contributed by atoms with Gasteiger partial charge in [0.1, 0.15) is 11.6 Å². The van der Waals surface area contributed by atoms with Crippen LogP contribution in [0.5, 0.6) is 0 Å². The van der Waals surface area contributed by atoms with Crippen LogP contribution in [0.2, 0.25) is 0 Å². The lowest BCUT2D eigenvalue weighted by Gasteiger charge is -2.11. The SMILES string of the molecule is COC(=O)c1ccc2c(c1)nc(NCCc1nc3ccc([N+](=O)[O-])cc3[nH]1)c1ccncc12. The Morgan fingerprint density at radius 3 is 2.79 bits per heavy atom. The third-order valence-electron chi connectivity index (χ3n) is 5.40. The Kier molecular flexibility index (Phi) is 5.02. The zero-order valence-electron chi connectivity index (χ0n) is 17.5. The lowest BCUT2D eigenvalue weighted by atomic mass is 10.1. The summed E-state index contributed by atoms with van der Waals surface area (Å²) in [5.41, 5.74) is 2.38. The molecule has 3 aromatic heterocycles. The summed E-state index contributed by atoms with van der Waals surface area (Å²) in [5, 5.41) is 17.0. The van der Waals surface area contributed by atoms with E-state index in [0.29, 0.717) is 46.7 Å². The number of anilines is 1. The van der Waals surface area contributed by atoms with E-state index in [4.69, 9.17) is 9.72 Å². The van der Waals surface area contributed by atoms with Crippen molar-refractivity contribution in [2.45, 2.75) is 6.42 Å². The molecule has 10 nitrogen and oxygen atoms in total. The molecule has 2 N–H and O–H groups in total. The number of non-ortho nitro benzene ring substituents is 1. The molecule has 164 valence electrons. The smallest absolute Gasteiger partial charge is 0.337 e. The number of nitro benzene ring substituents is 1. The van der Waals surface area contributed by atoms with Crippen LogP contribution in [0.25, 0.3) is 32.7 Å². The molecule has 3 heterocycles. The quantitative estimate of drug-likeness (QED) is 0.174. The number of ether oxygens (including phenoxy) is 1. The third kappa shape index (κ3) is 3.78. The molecule has 33 heavy (non-hydrogen) atoms. The fourth-order valence-electron chi connectivity index (χ4n) is 3.81. The van der Waals surface area contributed by atoms with Crippen LogP contribution in [0.1, 0.15) is 16.2 Å². The molecular weight excluding hydrogens is 424 g/mol. The van der Waals surface area contributed by atoms with Gasteiger partial charge in [0, 0.05) is 53.7 Å². The summed E-state index contributed by atoms with van der Waals surface area (Å²) in [7, 11) is 1.34. The van der Waals surface area contributed by atoms with E-state index in [1.54, 1.807) is 30.6 Å². The maximum atomic E-state index is 11.9. The molecule has 2 aromatic carbocycles. The first-order valence-corrected chi connectivity index (χ1v) is 10.2. The number of methoxy groups -OCH3 is 1. The molecule has 0 saturated carbocycles. The summed E-state index contributed by atoms with van der Waals surface area (Å²) < 4.78 is 4.82. The topological polar surface area (TPSA) is 136 Å². The van der Waals surface area contributed by atoms with Crippen LogP contribution in [-0.4, -0.2) is 44.5 Å².